The zero-order valence-corrected chi connectivity index (χ0v) is 28.0. The van der Waals surface area contributed by atoms with Crippen LogP contribution >= 0.6 is 0 Å². The molecular weight excluding hydrogens is 601 g/mol. The largest absolute Gasteiger partial charge is 0.482 e. The number of methoxy groups -OCH3 is 1. The van der Waals surface area contributed by atoms with Crippen molar-refractivity contribution in [3.05, 3.63) is 38.9 Å². The molecule has 1 aromatic carbocycles. The number of fused-ring (bicyclic) bond motifs is 2. The van der Waals surface area contributed by atoms with Crippen molar-refractivity contribution in [2.45, 2.75) is 89.4 Å². The van der Waals surface area contributed by atoms with Crippen LogP contribution in [0.15, 0.2) is 6.07 Å². The average molecular weight is 650 g/mol. The molecule has 3 aliphatic heterocycles. The number of halogens is 1. The van der Waals surface area contributed by atoms with Crippen LogP contribution in [-0.2, 0) is 9.47 Å². The van der Waals surface area contributed by atoms with Crippen molar-refractivity contribution >= 4 is 29.4 Å². The van der Waals surface area contributed by atoms with Crippen LogP contribution in [0.5, 0.6) is 6.01 Å². The number of nitrogens with one attached hydrogen (secondary N) is 2. The van der Waals surface area contributed by atoms with Gasteiger partial charge in [-0.05, 0) is 88.6 Å². The Morgan fingerprint density at radius 1 is 1.21 bits per heavy atom. The second-order valence-electron chi connectivity index (χ2n) is 14.5. The number of piperidine rings is 1. The molecule has 1 aromatic heterocycles. The van der Waals surface area contributed by atoms with E-state index in [0.29, 0.717) is 59.7 Å². The number of hydrogen-bond donors (Lipinski definition) is 4. The Hall–Kier alpha value is -3.48. The first kappa shape index (κ1) is 32.1. The Kier molecular flexibility index (Phi) is 8.33. The van der Waals surface area contributed by atoms with Crippen LogP contribution in [-0.4, -0.2) is 90.4 Å². The molecule has 12 heteroatoms. The molecule has 4 atom stereocenters. The molecule has 2 aliphatic carbocycles. The molecule has 4 heterocycles. The molecule has 7 rings (SSSR count). The summed E-state index contributed by atoms with van der Waals surface area (Å²) < 4.78 is 35.3. The van der Waals surface area contributed by atoms with Crippen LogP contribution in [0.1, 0.15) is 80.2 Å². The standard InChI is InChI=1S/C35H48FN7O4/c1-20-15-24(38)23(16-37)26(21(20)2)29-28(36)30-27(32(39-29)45-4)31(42-13-14-46-18-34(3,44)17-42)41-33(40-30)47-19-35-10-5-7-25(35)43(12-6-11-35)22-8-9-22/h15-16,22,25,29,37,39,44H,5-14,17-19,38H2,1-4H3/t25-,29?,34+,35-/m1/s1. The molecule has 1 unspecified atom stereocenters. The predicted molar refractivity (Wildman–Crippen MR) is 178 cm³/mol. The highest BCUT2D eigenvalue weighted by molar-refractivity contribution is 5.89. The van der Waals surface area contributed by atoms with E-state index in [1.54, 1.807) is 13.0 Å². The van der Waals surface area contributed by atoms with Crippen molar-refractivity contribution in [1.29, 1.82) is 5.41 Å². The van der Waals surface area contributed by atoms with Gasteiger partial charge in [0.05, 0.1) is 33.5 Å². The van der Waals surface area contributed by atoms with Crippen LogP contribution in [0.2, 0.25) is 0 Å². The molecule has 5 N–H and O–H groups in total. The van der Waals surface area contributed by atoms with Crippen molar-refractivity contribution in [3.8, 4) is 6.01 Å². The van der Waals surface area contributed by atoms with E-state index in [9.17, 15) is 5.11 Å². The van der Waals surface area contributed by atoms with E-state index in [2.05, 4.69) is 10.2 Å². The number of anilines is 2. The third-order valence-electron chi connectivity index (χ3n) is 11.1. The highest BCUT2D eigenvalue weighted by atomic mass is 19.1. The fraction of sp³-hybridized carbons (Fsp3) is 0.629. The second-order valence-corrected chi connectivity index (χ2v) is 14.5. The Morgan fingerprint density at radius 2 is 2.00 bits per heavy atom. The van der Waals surface area contributed by atoms with E-state index in [0.717, 1.165) is 36.9 Å². The number of β-amino-alcohol motifs (C(OH)–C–C–N with tert-alkyl or cyclic N) is 1. The highest BCUT2D eigenvalue weighted by Crippen LogP contribution is 2.50. The molecule has 0 spiro atoms. The van der Waals surface area contributed by atoms with Crippen molar-refractivity contribution in [1.82, 2.24) is 20.2 Å². The maximum atomic E-state index is 17.1. The minimum atomic E-state index is -1.16. The van der Waals surface area contributed by atoms with Crippen LogP contribution in [0.3, 0.4) is 0 Å². The van der Waals surface area contributed by atoms with Crippen molar-refractivity contribution in [2.75, 3.05) is 57.2 Å². The molecular formula is C35H48FN7O4. The average Bonchev–Trinajstić information content (AvgIpc) is 3.83. The van der Waals surface area contributed by atoms with Crippen LogP contribution in [0, 0.1) is 24.7 Å². The molecule has 0 bridgehead atoms. The van der Waals surface area contributed by atoms with Crippen molar-refractivity contribution in [2.24, 2.45) is 5.41 Å². The number of benzene rings is 1. The summed E-state index contributed by atoms with van der Waals surface area (Å²) in [4.78, 5) is 14.3. The van der Waals surface area contributed by atoms with Gasteiger partial charge in [0.1, 0.15) is 28.0 Å². The van der Waals surface area contributed by atoms with Gasteiger partial charge in [0.25, 0.3) is 0 Å². The molecule has 4 fully saturated rings. The normalized spacial score (nSPS) is 29.5. The number of nitrogens with two attached hydrogens (primary N) is 1. The Balaban J connectivity index is 1.37. The molecule has 2 aromatic rings. The molecule has 0 amide bonds. The number of ether oxygens (including phenoxy) is 3. The number of likely N-dealkylation sites (tertiary alicyclic amines) is 1. The molecule has 254 valence electrons. The van der Waals surface area contributed by atoms with Crippen molar-refractivity contribution in [3.63, 3.8) is 0 Å². The van der Waals surface area contributed by atoms with E-state index in [1.807, 2.05) is 18.7 Å². The Labute approximate surface area is 275 Å². The SMILES string of the molecule is COC1=c2c(N3CCOC[C@@](C)(O)C3)nc(OC[C@]34CCC[C@H]3N(C3CC3)CCC4)nc2=C(F)C(c2c(C)c(C)cc(N)c2C=N)N1. The lowest BCUT2D eigenvalue weighted by Gasteiger charge is -2.46. The Bertz CT molecular complexity index is 1700. The van der Waals surface area contributed by atoms with Crippen LogP contribution < -0.4 is 31.3 Å². The van der Waals surface area contributed by atoms with Gasteiger partial charge >= 0.3 is 6.01 Å². The van der Waals surface area contributed by atoms with E-state index in [1.165, 1.54) is 39.0 Å². The summed E-state index contributed by atoms with van der Waals surface area (Å²) in [7, 11) is 1.52. The number of hydrogen-bond acceptors (Lipinski definition) is 11. The van der Waals surface area contributed by atoms with Gasteiger partial charge in [0, 0.05) is 41.5 Å². The molecule has 5 aliphatic rings. The highest BCUT2D eigenvalue weighted by Gasteiger charge is 2.51. The summed E-state index contributed by atoms with van der Waals surface area (Å²) in [6.07, 6.45) is 9.41. The number of nitrogens with zero attached hydrogens (tertiary/aromatic N) is 4. The second kappa shape index (κ2) is 12.2. The first-order chi connectivity index (χ1) is 22.6. The van der Waals surface area contributed by atoms with Gasteiger partial charge in [-0.2, -0.15) is 9.97 Å². The van der Waals surface area contributed by atoms with Crippen LogP contribution in [0.4, 0.5) is 15.9 Å². The first-order valence-electron chi connectivity index (χ1n) is 17.0. The number of rotatable bonds is 8. The van der Waals surface area contributed by atoms with Gasteiger partial charge in [-0.3, -0.25) is 4.90 Å². The molecule has 0 radical (unpaired) electrons. The third kappa shape index (κ3) is 5.72. The summed E-state index contributed by atoms with van der Waals surface area (Å²) >= 11 is 0. The number of nitrogen functional groups attached to an aromatic ring is 1. The molecule has 11 nitrogen and oxygen atoms in total. The van der Waals surface area contributed by atoms with Gasteiger partial charge in [-0.1, -0.05) is 6.42 Å². The lowest BCUT2D eigenvalue weighted by atomic mass is 9.75. The minimum absolute atomic E-state index is 0.0195. The smallest absolute Gasteiger partial charge is 0.319 e. The van der Waals surface area contributed by atoms with E-state index in [4.69, 9.17) is 35.3 Å². The summed E-state index contributed by atoms with van der Waals surface area (Å²) in [5.74, 6) is 0.151. The minimum Gasteiger partial charge on any atom is -0.482 e. The summed E-state index contributed by atoms with van der Waals surface area (Å²) in [6.45, 7) is 8.33. The van der Waals surface area contributed by atoms with E-state index >= 15 is 4.39 Å². The first-order valence-corrected chi connectivity index (χ1v) is 17.0. The number of aryl methyl sites for hydroxylation is 1. The van der Waals surface area contributed by atoms with Crippen LogP contribution in [0.25, 0.3) is 11.7 Å². The fourth-order valence-corrected chi connectivity index (χ4v) is 8.56. The maximum absolute atomic E-state index is 17.1. The van der Waals surface area contributed by atoms with Crippen molar-refractivity contribution < 1.29 is 23.7 Å². The van der Waals surface area contributed by atoms with E-state index in [-0.39, 0.29) is 35.8 Å². The summed E-state index contributed by atoms with van der Waals surface area (Å²) in [5.41, 5.74) is 8.31. The summed E-state index contributed by atoms with van der Waals surface area (Å²) in [6, 6.07) is 2.08. The van der Waals surface area contributed by atoms with Gasteiger partial charge < -0.3 is 40.7 Å². The monoisotopic (exact) mass is 649 g/mol. The topological polar surface area (TPSA) is 142 Å². The zero-order chi connectivity index (χ0) is 33.1. The molecule has 47 heavy (non-hydrogen) atoms. The Morgan fingerprint density at radius 3 is 2.74 bits per heavy atom. The van der Waals surface area contributed by atoms with Gasteiger partial charge in [0.2, 0.25) is 5.88 Å². The van der Waals surface area contributed by atoms with Gasteiger partial charge in [0.15, 0.2) is 5.83 Å². The maximum Gasteiger partial charge on any atom is 0.319 e. The number of aromatic nitrogens is 2. The summed E-state index contributed by atoms with van der Waals surface area (Å²) in [5, 5.41) is 22.9. The molecule has 2 saturated carbocycles. The fourth-order valence-electron chi connectivity index (χ4n) is 8.56. The van der Waals surface area contributed by atoms with Gasteiger partial charge in [-0.25, -0.2) is 4.39 Å². The predicted octanol–water partition coefficient (Wildman–Crippen LogP) is 2.57. The zero-order valence-electron chi connectivity index (χ0n) is 28.0. The number of aliphatic hydroxyl groups is 1. The van der Waals surface area contributed by atoms with E-state index < -0.39 is 17.5 Å². The third-order valence-corrected chi connectivity index (χ3v) is 11.1. The molecule has 2 saturated heterocycles. The van der Waals surface area contributed by atoms with Gasteiger partial charge in [-0.15, -0.1) is 0 Å². The quantitative estimate of drug-likeness (QED) is 0.249. The lowest BCUT2D eigenvalue weighted by molar-refractivity contribution is -0.0123. The lowest BCUT2D eigenvalue weighted by Crippen LogP contribution is -2.53.